The maximum atomic E-state index is 12.8. The number of anilines is 1. The number of hydrogen-bond acceptors (Lipinski definition) is 8. The molecule has 0 aliphatic carbocycles. The molecule has 1 aliphatic heterocycles. The van der Waals surface area contributed by atoms with Gasteiger partial charge in [0.15, 0.2) is 0 Å². The Morgan fingerprint density at radius 1 is 0.938 bits per heavy atom. The molecule has 2 aromatic rings. The Morgan fingerprint density at radius 3 is 2.12 bits per heavy atom. The van der Waals surface area contributed by atoms with Crippen LogP contribution in [0, 0.1) is 27.2 Å². The number of carbonyl (C=O) groups is 2. The van der Waals surface area contributed by atoms with E-state index < -0.39 is 15.8 Å². The van der Waals surface area contributed by atoms with Crippen molar-refractivity contribution < 1.29 is 24.2 Å². The van der Waals surface area contributed by atoms with Crippen LogP contribution in [-0.4, -0.2) is 59.4 Å². The summed E-state index contributed by atoms with van der Waals surface area (Å²) in [5.41, 5.74) is 0.959. The van der Waals surface area contributed by atoms with Gasteiger partial charge in [-0.25, -0.2) is 4.79 Å². The van der Waals surface area contributed by atoms with Gasteiger partial charge in [0.2, 0.25) is 0 Å². The largest absolute Gasteiger partial charge is 0.462 e. The highest BCUT2D eigenvalue weighted by Gasteiger charge is 2.28. The predicted molar refractivity (Wildman–Crippen MR) is 115 cm³/mol. The van der Waals surface area contributed by atoms with Crippen LogP contribution in [0.4, 0.5) is 17.1 Å². The van der Waals surface area contributed by atoms with Gasteiger partial charge < -0.3 is 14.5 Å². The zero-order valence-corrected chi connectivity index (χ0v) is 17.6. The first-order valence-corrected chi connectivity index (χ1v) is 9.97. The molecule has 1 saturated heterocycles. The third-order valence-corrected chi connectivity index (χ3v) is 5.23. The first kappa shape index (κ1) is 22.7. The highest BCUT2D eigenvalue weighted by Crippen LogP contribution is 2.30. The highest BCUT2D eigenvalue weighted by molar-refractivity contribution is 5.95. The minimum atomic E-state index is -0.629. The summed E-state index contributed by atoms with van der Waals surface area (Å²) in [5, 5.41) is 22.5. The summed E-state index contributed by atoms with van der Waals surface area (Å²) in [7, 11) is 0. The first-order valence-electron chi connectivity index (χ1n) is 9.97. The number of nitro benzene ring substituents is 2. The van der Waals surface area contributed by atoms with Crippen molar-refractivity contribution in [1.82, 2.24) is 4.90 Å². The Balaban J connectivity index is 1.73. The lowest BCUT2D eigenvalue weighted by Gasteiger charge is -2.36. The smallest absolute Gasteiger partial charge is 0.338 e. The van der Waals surface area contributed by atoms with Crippen molar-refractivity contribution in [3.63, 3.8) is 0 Å². The van der Waals surface area contributed by atoms with Gasteiger partial charge in [-0.15, -0.1) is 0 Å². The van der Waals surface area contributed by atoms with Crippen LogP contribution in [0.3, 0.4) is 0 Å². The molecular formula is C21H22N4O7. The van der Waals surface area contributed by atoms with E-state index in [0.717, 1.165) is 0 Å². The second-order valence-electron chi connectivity index (χ2n) is 7.22. The molecule has 11 heteroatoms. The van der Waals surface area contributed by atoms with Crippen molar-refractivity contribution in [2.24, 2.45) is 0 Å². The van der Waals surface area contributed by atoms with Crippen LogP contribution in [0.25, 0.3) is 0 Å². The lowest BCUT2D eigenvalue weighted by Crippen LogP contribution is -2.49. The van der Waals surface area contributed by atoms with E-state index in [0.29, 0.717) is 43.0 Å². The van der Waals surface area contributed by atoms with Crippen molar-refractivity contribution in [2.75, 3.05) is 37.7 Å². The number of carbonyl (C=O) groups excluding carboxylic acids is 2. The molecule has 32 heavy (non-hydrogen) atoms. The molecule has 0 saturated carbocycles. The van der Waals surface area contributed by atoms with Gasteiger partial charge in [0.05, 0.1) is 22.0 Å². The summed E-state index contributed by atoms with van der Waals surface area (Å²) in [6.45, 7) is 4.76. The molecule has 0 bridgehead atoms. The van der Waals surface area contributed by atoms with Crippen LogP contribution in [0.1, 0.15) is 33.2 Å². The van der Waals surface area contributed by atoms with Crippen molar-refractivity contribution in [3.05, 3.63) is 73.3 Å². The quantitative estimate of drug-likeness (QED) is 0.378. The average Bonchev–Trinajstić information content (AvgIpc) is 2.78. The number of rotatable bonds is 6. The van der Waals surface area contributed by atoms with Crippen molar-refractivity contribution in [1.29, 1.82) is 0 Å². The number of esters is 1. The molecule has 11 nitrogen and oxygen atoms in total. The average molecular weight is 442 g/mol. The Labute approximate surface area is 183 Å². The minimum absolute atomic E-state index is 0.0510. The van der Waals surface area contributed by atoms with E-state index in [1.54, 1.807) is 23.6 Å². The van der Waals surface area contributed by atoms with Crippen LogP contribution in [0.5, 0.6) is 0 Å². The number of nitro groups is 2. The van der Waals surface area contributed by atoms with Gasteiger partial charge >= 0.3 is 5.97 Å². The van der Waals surface area contributed by atoms with Crippen LogP contribution in [-0.2, 0) is 4.74 Å². The molecule has 0 N–H and O–H groups in total. The van der Waals surface area contributed by atoms with Crippen LogP contribution < -0.4 is 4.90 Å². The number of nitrogens with zero attached hydrogens (tertiary/aromatic N) is 4. The standard InChI is InChI=1S/C21H22N4O7/c1-3-32-21(27)16-5-7-18(19(13-16)25(30)31)22-8-10-23(11-9-22)20(26)15-4-6-17(24(28)29)14(2)12-15/h4-7,12-13H,3,8-11H2,1-2H3. The Morgan fingerprint density at radius 2 is 1.56 bits per heavy atom. The SMILES string of the molecule is CCOC(=O)c1ccc(N2CCN(C(=O)c3ccc([N+](=O)[O-])c(C)c3)CC2)c([N+](=O)[O-])c1. The molecular weight excluding hydrogens is 420 g/mol. The van der Waals surface area contributed by atoms with Gasteiger partial charge in [0.25, 0.3) is 17.3 Å². The highest BCUT2D eigenvalue weighted by atomic mass is 16.6. The van der Waals surface area contributed by atoms with E-state index in [-0.39, 0.29) is 29.5 Å². The maximum absolute atomic E-state index is 12.8. The lowest BCUT2D eigenvalue weighted by atomic mass is 10.1. The molecule has 0 spiro atoms. The summed E-state index contributed by atoms with van der Waals surface area (Å²) in [5.74, 6) is -0.884. The van der Waals surface area contributed by atoms with E-state index in [2.05, 4.69) is 0 Å². The number of piperazine rings is 1. The third-order valence-electron chi connectivity index (χ3n) is 5.23. The van der Waals surface area contributed by atoms with Crippen molar-refractivity contribution in [3.8, 4) is 0 Å². The zero-order chi connectivity index (χ0) is 23.4. The predicted octanol–water partition coefficient (Wildman–Crippen LogP) is 2.95. The van der Waals surface area contributed by atoms with Crippen molar-refractivity contribution in [2.45, 2.75) is 13.8 Å². The first-order chi connectivity index (χ1) is 15.2. The molecule has 0 atom stereocenters. The maximum Gasteiger partial charge on any atom is 0.338 e. The topological polar surface area (TPSA) is 136 Å². The summed E-state index contributed by atoms with van der Waals surface area (Å²) in [6.07, 6.45) is 0. The normalized spacial score (nSPS) is 13.6. The van der Waals surface area contributed by atoms with E-state index in [1.165, 1.54) is 36.4 Å². The van der Waals surface area contributed by atoms with E-state index in [1.807, 2.05) is 0 Å². The van der Waals surface area contributed by atoms with Crippen LogP contribution in [0.2, 0.25) is 0 Å². The van der Waals surface area contributed by atoms with Crippen LogP contribution in [0.15, 0.2) is 36.4 Å². The molecule has 168 valence electrons. The fourth-order valence-electron chi connectivity index (χ4n) is 3.60. The molecule has 0 unspecified atom stereocenters. The fourth-order valence-corrected chi connectivity index (χ4v) is 3.60. The third kappa shape index (κ3) is 4.66. The summed E-state index contributed by atoms with van der Waals surface area (Å²) in [4.78, 5) is 49.6. The van der Waals surface area contributed by atoms with E-state index >= 15 is 0 Å². The van der Waals surface area contributed by atoms with Crippen molar-refractivity contribution >= 4 is 28.9 Å². The van der Waals surface area contributed by atoms with E-state index in [9.17, 15) is 29.8 Å². The number of amides is 1. The second-order valence-corrected chi connectivity index (χ2v) is 7.22. The molecule has 0 aromatic heterocycles. The van der Waals surface area contributed by atoms with Gasteiger partial charge in [-0.2, -0.15) is 0 Å². The van der Waals surface area contributed by atoms with E-state index in [4.69, 9.17) is 4.74 Å². The lowest BCUT2D eigenvalue weighted by molar-refractivity contribution is -0.385. The van der Waals surface area contributed by atoms with Gasteiger partial charge in [-0.3, -0.25) is 25.0 Å². The number of benzene rings is 2. The fraction of sp³-hybridized carbons (Fsp3) is 0.333. The number of aryl methyl sites for hydroxylation is 1. The molecule has 1 fully saturated rings. The molecule has 1 heterocycles. The molecule has 2 aromatic carbocycles. The van der Waals surface area contributed by atoms with Gasteiger partial charge in [0.1, 0.15) is 5.69 Å². The summed E-state index contributed by atoms with van der Waals surface area (Å²) >= 11 is 0. The van der Waals surface area contributed by atoms with Crippen LogP contribution >= 0.6 is 0 Å². The van der Waals surface area contributed by atoms with Gasteiger partial charge in [0, 0.05) is 49.4 Å². The van der Waals surface area contributed by atoms with Gasteiger partial charge in [-0.05, 0) is 38.1 Å². The molecule has 3 rings (SSSR count). The Hall–Kier alpha value is -4.02. The molecule has 1 aliphatic rings. The monoisotopic (exact) mass is 442 g/mol. The summed E-state index contributed by atoms with van der Waals surface area (Å²) in [6, 6.07) is 8.43. The number of ether oxygens (including phenoxy) is 1. The minimum Gasteiger partial charge on any atom is -0.462 e. The second kappa shape index (κ2) is 9.41. The number of hydrogen-bond donors (Lipinski definition) is 0. The molecule has 1 amide bonds. The zero-order valence-electron chi connectivity index (χ0n) is 17.6. The summed E-state index contributed by atoms with van der Waals surface area (Å²) < 4.78 is 4.90. The van der Waals surface area contributed by atoms with Gasteiger partial charge in [-0.1, -0.05) is 0 Å². The Bertz CT molecular complexity index is 1080. The Kier molecular flexibility index (Phi) is 6.67. The molecule has 0 radical (unpaired) electrons.